The van der Waals surface area contributed by atoms with Gasteiger partial charge in [0, 0.05) is 6.42 Å². The molecule has 1 unspecified atom stereocenters. The summed E-state index contributed by atoms with van der Waals surface area (Å²) in [6, 6.07) is 5.90. The number of alkyl carbamates (subject to hydrolysis) is 1. The van der Waals surface area contributed by atoms with Crippen LogP contribution >= 0.6 is 0 Å². The first kappa shape index (κ1) is 17.5. The highest BCUT2D eigenvalue weighted by Gasteiger charge is 2.24. The van der Waals surface area contributed by atoms with Gasteiger partial charge in [-0.1, -0.05) is 12.1 Å². The molecule has 0 radical (unpaired) electrons. The number of fused-ring (bicyclic) bond motifs is 1. The lowest BCUT2D eigenvalue weighted by molar-refractivity contribution is -0.120. The van der Waals surface area contributed by atoms with Crippen molar-refractivity contribution >= 4 is 23.0 Å². The number of aromatic nitrogens is 2. The maximum Gasteiger partial charge on any atom is 0.408 e. The number of nitrogens with two attached hydrogens (primary N) is 1. The molecule has 0 aliphatic rings. The van der Waals surface area contributed by atoms with E-state index in [0.29, 0.717) is 11.0 Å². The Bertz CT molecular complexity index is 823. The van der Waals surface area contributed by atoms with Crippen molar-refractivity contribution in [2.45, 2.75) is 38.8 Å². The molecule has 1 aromatic heterocycles. The maximum absolute atomic E-state index is 12.1. The number of benzene rings is 1. The van der Waals surface area contributed by atoms with Gasteiger partial charge in [0.15, 0.2) is 0 Å². The van der Waals surface area contributed by atoms with Gasteiger partial charge in [0.2, 0.25) is 5.91 Å². The molecule has 0 saturated heterocycles. The van der Waals surface area contributed by atoms with Gasteiger partial charge in [-0.3, -0.25) is 9.59 Å². The second kappa shape index (κ2) is 6.69. The molecule has 2 rings (SSSR count). The summed E-state index contributed by atoms with van der Waals surface area (Å²) in [4.78, 5) is 42.4. The molecular formula is C16H20N4O4. The molecule has 2 aromatic rings. The fourth-order valence-corrected chi connectivity index (χ4v) is 2.07. The zero-order valence-corrected chi connectivity index (χ0v) is 13.8. The van der Waals surface area contributed by atoms with Crippen LogP contribution in [0.3, 0.4) is 0 Å². The first-order valence-corrected chi connectivity index (χ1v) is 7.42. The third kappa shape index (κ3) is 4.55. The average Bonchev–Trinajstić information content (AvgIpc) is 2.45. The number of nitrogens with zero attached hydrogens (tertiary/aromatic N) is 1. The summed E-state index contributed by atoms with van der Waals surface area (Å²) in [6.45, 7) is 5.09. The Labute approximate surface area is 138 Å². The van der Waals surface area contributed by atoms with Crippen LogP contribution < -0.4 is 16.6 Å². The lowest BCUT2D eigenvalue weighted by atomic mass is 10.1. The Hall–Kier alpha value is -2.90. The number of amides is 2. The van der Waals surface area contributed by atoms with Crippen LogP contribution in [0.1, 0.15) is 26.5 Å². The van der Waals surface area contributed by atoms with Crippen molar-refractivity contribution in [1.29, 1.82) is 0 Å². The van der Waals surface area contributed by atoms with Crippen molar-refractivity contribution < 1.29 is 14.3 Å². The predicted octanol–water partition coefficient (Wildman–Crippen LogP) is 0.844. The van der Waals surface area contributed by atoms with Gasteiger partial charge in [0.25, 0.3) is 5.56 Å². The summed E-state index contributed by atoms with van der Waals surface area (Å²) >= 11 is 0. The smallest absolute Gasteiger partial charge is 0.408 e. The summed E-state index contributed by atoms with van der Waals surface area (Å²) < 4.78 is 5.09. The molecule has 1 atom stereocenters. The summed E-state index contributed by atoms with van der Waals surface area (Å²) in [5.74, 6) is -0.782. The normalized spacial score (nSPS) is 12.6. The van der Waals surface area contributed by atoms with Crippen molar-refractivity contribution in [3.8, 4) is 0 Å². The molecule has 1 heterocycles. The van der Waals surface area contributed by atoms with E-state index in [0.717, 1.165) is 0 Å². The lowest BCUT2D eigenvalue weighted by Gasteiger charge is -2.22. The Morgan fingerprint density at radius 2 is 2.00 bits per heavy atom. The second-order valence-corrected chi connectivity index (χ2v) is 6.34. The third-order valence-corrected chi connectivity index (χ3v) is 3.10. The zero-order valence-electron chi connectivity index (χ0n) is 13.8. The van der Waals surface area contributed by atoms with Gasteiger partial charge < -0.3 is 20.8 Å². The molecule has 2 amide bonds. The molecule has 4 N–H and O–H groups in total. The number of rotatable bonds is 4. The van der Waals surface area contributed by atoms with Gasteiger partial charge >= 0.3 is 6.09 Å². The van der Waals surface area contributed by atoms with Crippen molar-refractivity contribution in [3.05, 3.63) is 40.3 Å². The Morgan fingerprint density at radius 1 is 1.33 bits per heavy atom. The minimum atomic E-state index is -1.10. The second-order valence-electron chi connectivity index (χ2n) is 6.34. The zero-order chi connectivity index (χ0) is 17.9. The number of carbonyl (C=O) groups excluding carboxylic acids is 2. The van der Waals surface area contributed by atoms with Gasteiger partial charge in [-0.25, -0.2) is 9.78 Å². The number of H-pyrrole nitrogens is 1. The summed E-state index contributed by atoms with van der Waals surface area (Å²) in [5.41, 5.74) is 5.42. The number of primary amides is 1. The predicted molar refractivity (Wildman–Crippen MR) is 88.4 cm³/mol. The number of hydrogen-bond acceptors (Lipinski definition) is 5. The molecule has 0 aliphatic carbocycles. The summed E-state index contributed by atoms with van der Waals surface area (Å²) in [5, 5.41) is 2.37. The van der Waals surface area contributed by atoms with E-state index in [-0.39, 0.29) is 12.1 Å². The van der Waals surface area contributed by atoms with Gasteiger partial charge in [-0.2, -0.15) is 0 Å². The van der Waals surface area contributed by atoms with E-state index in [1.807, 2.05) is 0 Å². The molecule has 8 heteroatoms. The molecular weight excluding hydrogens is 312 g/mol. The quantitative estimate of drug-likeness (QED) is 0.764. The largest absolute Gasteiger partial charge is 0.444 e. The third-order valence-electron chi connectivity index (χ3n) is 3.10. The van der Waals surface area contributed by atoms with Crippen LogP contribution in [0.2, 0.25) is 0 Å². The van der Waals surface area contributed by atoms with E-state index in [1.54, 1.807) is 45.0 Å². The maximum atomic E-state index is 12.1. The minimum absolute atomic E-state index is 0.105. The molecule has 1 aromatic carbocycles. The Balaban J connectivity index is 2.22. The van der Waals surface area contributed by atoms with Crippen LogP contribution in [0.25, 0.3) is 11.0 Å². The van der Waals surface area contributed by atoms with Crippen LogP contribution in [-0.4, -0.2) is 33.6 Å². The SMILES string of the molecule is CC(C)(C)OC(=O)NC(Cc1nc2ccccc2[nH]c1=O)C(N)=O. The topological polar surface area (TPSA) is 127 Å². The first-order valence-electron chi connectivity index (χ1n) is 7.42. The molecule has 0 saturated carbocycles. The highest BCUT2D eigenvalue weighted by Crippen LogP contribution is 2.09. The summed E-state index contributed by atoms with van der Waals surface area (Å²) in [6.07, 6.45) is -0.919. The van der Waals surface area contributed by atoms with E-state index >= 15 is 0 Å². The fraction of sp³-hybridized carbons (Fsp3) is 0.375. The van der Waals surface area contributed by atoms with Crippen molar-refractivity contribution in [1.82, 2.24) is 15.3 Å². The highest BCUT2D eigenvalue weighted by molar-refractivity contribution is 5.84. The number of para-hydroxylation sites is 2. The number of carbonyl (C=O) groups is 2. The number of ether oxygens (including phenoxy) is 1. The average molecular weight is 332 g/mol. The van der Waals surface area contributed by atoms with E-state index in [2.05, 4.69) is 15.3 Å². The van der Waals surface area contributed by atoms with E-state index in [4.69, 9.17) is 10.5 Å². The van der Waals surface area contributed by atoms with Crippen molar-refractivity contribution in [2.24, 2.45) is 5.73 Å². The van der Waals surface area contributed by atoms with Crippen LogP contribution in [0, 0.1) is 0 Å². The standard InChI is InChI=1S/C16H20N4O4/c1-16(2,3)24-15(23)20-11(13(17)21)8-12-14(22)19-10-7-5-4-6-9(10)18-12/h4-7,11H,8H2,1-3H3,(H2,17,21)(H,19,22)(H,20,23). The van der Waals surface area contributed by atoms with E-state index in [9.17, 15) is 14.4 Å². The van der Waals surface area contributed by atoms with Crippen LogP contribution in [0.4, 0.5) is 4.79 Å². The monoisotopic (exact) mass is 332 g/mol. The van der Waals surface area contributed by atoms with Crippen LogP contribution in [-0.2, 0) is 16.0 Å². The van der Waals surface area contributed by atoms with Gasteiger partial charge in [-0.15, -0.1) is 0 Å². The van der Waals surface area contributed by atoms with Gasteiger partial charge in [0.1, 0.15) is 17.3 Å². The van der Waals surface area contributed by atoms with Crippen molar-refractivity contribution in [2.75, 3.05) is 0 Å². The lowest BCUT2D eigenvalue weighted by Crippen LogP contribution is -2.48. The number of nitrogens with one attached hydrogen (secondary N) is 2. The van der Waals surface area contributed by atoms with Gasteiger partial charge in [-0.05, 0) is 32.9 Å². The molecule has 0 spiro atoms. The molecule has 128 valence electrons. The highest BCUT2D eigenvalue weighted by atomic mass is 16.6. The van der Waals surface area contributed by atoms with Gasteiger partial charge in [0.05, 0.1) is 11.0 Å². The molecule has 0 fully saturated rings. The molecule has 0 aliphatic heterocycles. The van der Waals surface area contributed by atoms with E-state index in [1.165, 1.54) is 0 Å². The summed E-state index contributed by atoms with van der Waals surface area (Å²) in [7, 11) is 0. The van der Waals surface area contributed by atoms with Crippen LogP contribution in [0.5, 0.6) is 0 Å². The molecule has 24 heavy (non-hydrogen) atoms. The van der Waals surface area contributed by atoms with E-state index < -0.39 is 29.2 Å². The molecule has 8 nitrogen and oxygen atoms in total. The number of aromatic amines is 1. The molecule has 0 bridgehead atoms. The number of hydrogen-bond donors (Lipinski definition) is 3. The minimum Gasteiger partial charge on any atom is -0.444 e. The van der Waals surface area contributed by atoms with Crippen molar-refractivity contribution in [3.63, 3.8) is 0 Å². The van der Waals surface area contributed by atoms with Crippen LogP contribution in [0.15, 0.2) is 29.1 Å². The fourth-order valence-electron chi connectivity index (χ4n) is 2.07. The first-order chi connectivity index (χ1) is 11.2. The Morgan fingerprint density at radius 3 is 2.62 bits per heavy atom. The Kier molecular flexibility index (Phi) is 4.87.